The lowest BCUT2D eigenvalue weighted by Gasteiger charge is -2.26. The van der Waals surface area contributed by atoms with Crippen molar-refractivity contribution in [1.29, 1.82) is 5.26 Å². The molecule has 0 aliphatic heterocycles. The highest BCUT2D eigenvalue weighted by atomic mass is 35.5. The molecule has 0 saturated heterocycles. The van der Waals surface area contributed by atoms with Gasteiger partial charge in [-0.15, -0.1) is 0 Å². The monoisotopic (exact) mass is 387 g/mol. The van der Waals surface area contributed by atoms with Crippen LogP contribution < -0.4 is 0 Å². The minimum Gasteiger partial charge on any atom is -0.206 e. The second-order valence-corrected chi connectivity index (χ2v) is 7.77. The molecule has 1 saturated carbocycles. The van der Waals surface area contributed by atoms with Crippen molar-refractivity contribution in [3.05, 3.63) is 70.5 Å². The van der Waals surface area contributed by atoms with E-state index >= 15 is 0 Å². The molecule has 1 aliphatic carbocycles. The van der Waals surface area contributed by atoms with Crippen molar-refractivity contribution in [2.24, 2.45) is 5.92 Å². The van der Waals surface area contributed by atoms with Gasteiger partial charge in [0.2, 0.25) is 0 Å². The molecule has 2 aromatic rings. The third kappa shape index (κ3) is 4.11. The number of nitriles is 1. The van der Waals surface area contributed by atoms with Gasteiger partial charge < -0.3 is 0 Å². The Morgan fingerprint density at radius 3 is 2.12 bits per heavy atom. The van der Waals surface area contributed by atoms with Crippen molar-refractivity contribution in [3.8, 4) is 6.07 Å². The average Bonchev–Trinajstić information content (AvgIpc) is 2.67. The summed E-state index contributed by atoms with van der Waals surface area (Å²) in [6, 6.07) is 14.2. The van der Waals surface area contributed by atoms with Gasteiger partial charge in [-0.1, -0.05) is 73.3 Å². The van der Waals surface area contributed by atoms with Crippen LogP contribution in [0, 0.1) is 23.1 Å². The molecule has 3 rings (SSSR count). The highest BCUT2D eigenvalue weighted by Gasteiger charge is 2.20. The van der Waals surface area contributed by atoms with E-state index in [9.17, 15) is 4.39 Å². The summed E-state index contributed by atoms with van der Waals surface area (Å²) in [6.45, 7) is 2.32. The van der Waals surface area contributed by atoms with Crippen LogP contribution in [0.1, 0.15) is 60.8 Å². The maximum Gasteiger partial charge on any atom is 0.141 e. The maximum absolute atomic E-state index is 13.8. The molecule has 4 heteroatoms. The first-order chi connectivity index (χ1) is 12.5. The second-order valence-electron chi connectivity index (χ2n) is 7.01. The highest BCUT2D eigenvalue weighted by Crippen LogP contribution is 2.37. The van der Waals surface area contributed by atoms with Crippen molar-refractivity contribution in [2.45, 2.75) is 38.5 Å². The minimum absolute atomic E-state index is 0.0134. The van der Waals surface area contributed by atoms with E-state index in [1.54, 1.807) is 12.1 Å². The maximum atomic E-state index is 13.8. The molecule has 0 N–H and O–H groups in total. The van der Waals surface area contributed by atoms with E-state index in [2.05, 4.69) is 19.1 Å². The third-order valence-corrected chi connectivity index (χ3v) is 6.10. The summed E-state index contributed by atoms with van der Waals surface area (Å²) in [5.74, 6) is 0.843. The predicted molar refractivity (Wildman–Crippen MR) is 106 cm³/mol. The van der Waals surface area contributed by atoms with Gasteiger partial charge in [-0.3, -0.25) is 0 Å². The molecule has 0 bridgehead atoms. The number of rotatable bonds is 3. The summed E-state index contributed by atoms with van der Waals surface area (Å²) in [5, 5.41) is 9.47. The van der Waals surface area contributed by atoms with E-state index in [4.69, 9.17) is 28.5 Å². The van der Waals surface area contributed by atoms with Crippen molar-refractivity contribution in [3.63, 3.8) is 0 Å². The number of benzene rings is 2. The summed E-state index contributed by atoms with van der Waals surface area (Å²) >= 11 is 12.8. The number of nitrogens with zero attached hydrogens (tertiary/aromatic N) is 1. The van der Waals surface area contributed by atoms with Gasteiger partial charge in [0.15, 0.2) is 0 Å². The van der Waals surface area contributed by atoms with Gasteiger partial charge in [0.25, 0.3) is 0 Å². The van der Waals surface area contributed by atoms with E-state index in [0.717, 1.165) is 11.5 Å². The third-order valence-electron chi connectivity index (χ3n) is 5.19. The van der Waals surface area contributed by atoms with Crippen molar-refractivity contribution in [1.82, 2.24) is 0 Å². The average molecular weight is 388 g/mol. The number of hydrogen-bond acceptors (Lipinski definition) is 1. The van der Waals surface area contributed by atoms with Gasteiger partial charge in [0.1, 0.15) is 11.9 Å². The molecule has 1 aliphatic rings. The summed E-state index contributed by atoms with van der Waals surface area (Å²) in [6.07, 6.45) is 5.02. The van der Waals surface area contributed by atoms with Crippen molar-refractivity contribution < 1.29 is 4.39 Å². The lowest BCUT2D eigenvalue weighted by atomic mass is 9.79. The molecule has 0 aromatic heterocycles. The summed E-state index contributed by atoms with van der Waals surface area (Å²) < 4.78 is 13.8. The van der Waals surface area contributed by atoms with Gasteiger partial charge in [0, 0.05) is 0 Å². The summed E-state index contributed by atoms with van der Waals surface area (Å²) in [7, 11) is 0. The first-order valence-electron chi connectivity index (χ1n) is 8.85. The zero-order chi connectivity index (χ0) is 18.7. The molecule has 0 atom stereocenters. The second kappa shape index (κ2) is 8.25. The summed E-state index contributed by atoms with van der Waals surface area (Å²) in [4.78, 5) is 0. The molecule has 0 spiro atoms. The first kappa shape index (κ1) is 19.0. The Morgan fingerprint density at radius 1 is 0.962 bits per heavy atom. The van der Waals surface area contributed by atoms with Crippen LogP contribution in [0.2, 0.25) is 0 Å². The van der Waals surface area contributed by atoms with E-state index < -0.39 is 5.82 Å². The van der Waals surface area contributed by atoms with Crippen LogP contribution in [0.4, 0.5) is 4.39 Å². The van der Waals surface area contributed by atoms with Crippen LogP contribution in [-0.4, -0.2) is 0 Å². The lowest BCUT2D eigenvalue weighted by molar-refractivity contribution is 0.348. The zero-order valence-electron chi connectivity index (χ0n) is 14.6. The number of hydrogen-bond donors (Lipinski definition) is 0. The predicted octanol–water partition coefficient (Wildman–Crippen LogP) is 7.29. The SMILES string of the molecule is CC1CCC(c2ccc(C(Cl)=C(Cl)c3ccc(C#N)c(F)c3)cc2)CC1. The standard InChI is InChI=1S/C22H20Cl2FN/c1-14-2-4-15(5-3-14)16-6-8-17(9-7-16)21(23)22(24)18-10-11-19(13-26)20(25)12-18/h6-12,14-15H,2-5H2,1H3. The first-order valence-corrected chi connectivity index (χ1v) is 9.60. The van der Waals surface area contributed by atoms with E-state index in [1.165, 1.54) is 43.4 Å². The topological polar surface area (TPSA) is 23.8 Å². The van der Waals surface area contributed by atoms with Gasteiger partial charge in [-0.05, 0) is 53.5 Å². The Balaban J connectivity index is 1.82. The van der Waals surface area contributed by atoms with Gasteiger partial charge in [0.05, 0.1) is 15.6 Å². The molecule has 2 aromatic carbocycles. The quantitative estimate of drug-likeness (QED) is 0.506. The Kier molecular flexibility index (Phi) is 6.01. The van der Waals surface area contributed by atoms with Crippen LogP contribution in [0.25, 0.3) is 10.1 Å². The van der Waals surface area contributed by atoms with Crippen LogP contribution in [0.5, 0.6) is 0 Å². The van der Waals surface area contributed by atoms with Gasteiger partial charge >= 0.3 is 0 Å². The molecule has 0 amide bonds. The van der Waals surface area contributed by atoms with Gasteiger partial charge in [-0.25, -0.2) is 4.39 Å². The Bertz CT molecular complexity index is 857. The molecule has 134 valence electrons. The van der Waals surface area contributed by atoms with E-state index in [1.807, 2.05) is 12.1 Å². The highest BCUT2D eigenvalue weighted by molar-refractivity contribution is 6.65. The Hall–Kier alpha value is -1.82. The molecule has 0 unspecified atom stereocenters. The lowest BCUT2D eigenvalue weighted by Crippen LogP contribution is -2.10. The number of halogens is 3. The van der Waals surface area contributed by atoms with Crippen LogP contribution >= 0.6 is 23.2 Å². The molecule has 26 heavy (non-hydrogen) atoms. The fourth-order valence-corrected chi connectivity index (χ4v) is 3.95. The van der Waals surface area contributed by atoms with Gasteiger partial charge in [-0.2, -0.15) is 5.26 Å². The molecule has 1 nitrogen and oxygen atoms in total. The van der Waals surface area contributed by atoms with E-state index in [0.29, 0.717) is 16.5 Å². The largest absolute Gasteiger partial charge is 0.206 e. The molecule has 1 fully saturated rings. The normalized spacial score (nSPS) is 21.0. The van der Waals surface area contributed by atoms with Crippen LogP contribution in [0.3, 0.4) is 0 Å². The molecule has 0 heterocycles. The molecule has 0 radical (unpaired) electrons. The Labute approximate surface area is 164 Å². The van der Waals surface area contributed by atoms with Crippen molar-refractivity contribution >= 4 is 33.3 Å². The molecular weight excluding hydrogens is 368 g/mol. The Morgan fingerprint density at radius 2 is 1.54 bits per heavy atom. The van der Waals surface area contributed by atoms with Crippen LogP contribution in [0.15, 0.2) is 42.5 Å². The van der Waals surface area contributed by atoms with E-state index in [-0.39, 0.29) is 10.6 Å². The fraction of sp³-hybridized carbons (Fsp3) is 0.318. The van der Waals surface area contributed by atoms with Crippen LogP contribution in [-0.2, 0) is 0 Å². The van der Waals surface area contributed by atoms with Crippen molar-refractivity contribution in [2.75, 3.05) is 0 Å². The smallest absolute Gasteiger partial charge is 0.141 e. The zero-order valence-corrected chi connectivity index (χ0v) is 16.1. The fourth-order valence-electron chi connectivity index (χ4n) is 3.49. The minimum atomic E-state index is -0.602. The summed E-state index contributed by atoms with van der Waals surface area (Å²) in [5.41, 5.74) is 2.58. The molecular formula is C22H20Cl2FN.